The minimum absolute atomic E-state index is 0.109. The van der Waals surface area contributed by atoms with Gasteiger partial charge >= 0.3 is 0 Å². The van der Waals surface area contributed by atoms with Crippen molar-refractivity contribution in [2.24, 2.45) is 0 Å². The summed E-state index contributed by atoms with van der Waals surface area (Å²) in [5.41, 5.74) is 2.20. The Morgan fingerprint density at radius 2 is 1.89 bits per heavy atom. The second-order valence-electron chi connectivity index (χ2n) is 4.47. The molecule has 0 radical (unpaired) electrons. The molecule has 2 aromatic rings. The second kappa shape index (κ2) is 6.83. The van der Waals surface area contributed by atoms with Gasteiger partial charge in [0, 0.05) is 10.5 Å². The second-order valence-corrected chi connectivity index (χ2v) is 5.32. The highest BCUT2D eigenvalue weighted by Gasteiger charge is 2.15. The number of benzene rings is 2. The molecule has 0 aliphatic heterocycles. The van der Waals surface area contributed by atoms with Gasteiger partial charge in [-0.2, -0.15) is 0 Å². The van der Waals surface area contributed by atoms with Crippen LogP contribution in [-0.2, 0) is 6.42 Å². The third-order valence-corrected chi connectivity index (χ3v) is 3.79. The summed E-state index contributed by atoms with van der Waals surface area (Å²) in [6.07, 6.45) is 0.844. The molecule has 1 atom stereocenters. The van der Waals surface area contributed by atoms with Gasteiger partial charge in [0.25, 0.3) is 0 Å². The molecule has 0 aliphatic rings. The highest BCUT2D eigenvalue weighted by atomic mass is 79.9. The van der Waals surface area contributed by atoms with Crippen LogP contribution in [0, 0.1) is 5.82 Å². The van der Waals surface area contributed by atoms with Crippen molar-refractivity contribution < 1.29 is 4.39 Å². The van der Waals surface area contributed by atoms with E-state index in [1.165, 1.54) is 11.6 Å². The van der Waals surface area contributed by atoms with Crippen molar-refractivity contribution in [3.63, 3.8) is 0 Å². The number of nitrogens with one attached hydrogen (secondary N) is 1. The Hall–Kier alpha value is -1.19. The van der Waals surface area contributed by atoms with Crippen molar-refractivity contribution >= 4 is 15.9 Å². The van der Waals surface area contributed by atoms with Gasteiger partial charge in [0.1, 0.15) is 5.82 Å². The van der Waals surface area contributed by atoms with Gasteiger partial charge in [-0.05, 0) is 42.3 Å². The van der Waals surface area contributed by atoms with Crippen LogP contribution in [0.5, 0.6) is 0 Å². The minimum atomic E-state index is -0.200. The molecule has 0 amide bonds. The third-order valence-electron chi connectivity index (χ3n) is 3.07. The van der Waals surface area contributed by atoms with Crippen molar-refractivity contribution in [2.45, 2.75) is 19.4 Å². The summed E-state index contributed by atoms with van der Waals surface area (Å²) in [5, 5.41) is 3.42. The summed E-state index contributed by atoms with van der Waals surface area (Å²) in [4.78, 5) is 0. The lowest BCUT2D eigenvalue weighted by molar-refractivity contribution is 0.540. The van der Waals surface area contributed by atoms with E-state index in [-0.39, 0.29) is 11.9 Å². The minimum Gasteiger partial charge on any atom is -0.310 e. The van der Waals surface area contributed by atoms with Crippen LogP contribution in [0.15, 0.2) is 53.0 Å². The zero-order chi connectivity index (χ0) is 13.7. The molecular formula is C16H17BrFN. The highest BCUT2D eigenvalue weighted by molar-refractivity contribution is 9.10. The average Bonchev–Trinajstić information content (AvgIpc) is 2.42. The Morgan fingerprint density at radius 1 is 1.16 bits per heavy atom. The molecule has 100 valence electrons. The molecule has 0 fully saturated rings. The molecule has 1 N–H and O–H groups in total. The Kier molecular flexibility index (Phi) is 5.11. The van der Waals surface area contributed by atoms with Gasteiger partial charge in [-0.25, -0.2) is 4.39 Å². The summed E-state index contributed by atoms with van der Waals surface area (Å²) in [6, 6.07) is 15.2. The van der Waals surface area contributed by atoms with E-state index in [9.17, 15) is 4.39 Å². The molecule has 0 saturated carbocycles. The van der Waals surface area contributed by atoms with E-state index in [4.69, 9.17) is 0 Å². The van der Waals surface area contributed by atoms with E-state index in [0.717, 1.165) is 23.0 Å². The van der Waals surface area contributed by atoms with Crippen molar-refractivity contribution in [1.82, 2.24) is 5.32 Å². The standard InChI is InChI=1S/C16H17BrFN/c1-2-19-16(10-12-6-4-3-5-7-12)14-11-13(18)8-9-15(14)17/h3-9,11,16,19H,2,10H2,1H3. The van der Waals surface area contributed by atoms with Gasteiger partial charge in [0.05, 0.1) is 0 Å². The lowest BCUT2D eigenvalue weighted by atomic mass is 9.99. The normalized spacial score (nSPS) is 12.4. The van der Waals surface area contributed by atoms with Crippen LogP contribution in [0.4, 0.5) is 4.39 Å². The van der Waals surface area contributed by atoms with E-state index in [0.29, 0.717) is 0 Å². The molecular weight excluding hydrogens is 305 g/mol. The monoisotopic (exact) mass is 321 g/mol. The number of hydrogen-bond donors (Lipinski definition) is 1. The molecule has 19 heavy (non-hydrogen) atoms. The molecule has 0 spiro atoms. The first-order chi connectivity index (χ1) is 9.20. The zero-order valence-corrected chi connectivity index (χ0v) is 12.5. The fourth-order valence-corrected chi connectivity index (χ4v) is 2.69. The van der Waals surface area contributed by atoms with E-state index in [1.54, 1.807) is 12.1 Å². The van der Waals surface area contributed by atoms with Crippen molar-refractivity contribution in [1.29, 1.82) is 0 Å². The SMILES string of the molecule is CCNC(Cc1ccccc1)c1cc(F)ccc1Br. The highest BCUT2D eigenvalue weighted by Crippen LogP contribution is 2.27. The lowest BCUT2D eigenvalue weighted by Crippen LogP contribution is -2.23. The van der Waals surface area contributed by atoms with Gasteiger partial charge < -0.3 is 5.32 Å². The van der Waals surface area contributed by atoms with E-state index in [1.807, 2.05) is 18.2 Å². The van der Waals surface area contributed by atoms with Crippen molar-refractivity contribution in [2.75, 3.05) is 6.54 Å². The van der Waals surface area contributed by atoms with Crippen LogP contribution in [-0.4, -0.2) is 6.54 Å². The number of likely N-dealkylation sites (N-methyl/N-ethyl adjacent to an activating group) is 1. The smallest absolute Gasteiger partial charge is 0.123 e. The van der Waals surface area contributed by atoms with Crippen molar-refractivity contribution in [3.8, 4) is 0 Å². The first kappa shape index (κ1) is 14.2. The summed E-state index contributed by atoms with van der Waals surface area (Å²) >= 11 is 3.51. The fourth-order valence-electron chi connectivity index (χ4n) is 2.17. The summed E-state index contributed by atoms with van der Waals surface area (Å²) in [6.45, 7) is 2.91. The topological polar surface area (TPSA) is 12.0 Å². The van der Waals surface area contributed by atoms with Gasteiger partial charge in [-0.1, -0.05) is 53.2 Å². The maximum Gasteiger partial charge on any atom is 0.123 e. The molecule has 1 unspecified atom stereocenters. The van der Waals surface area contributed by atoms with Gasteiger partial charge in [0.2, 0.25) is 0 Å². The number of halogens is 2. The van der Waals surface area contributed by atoms with Crippen LogP contribution in [0.2, 0.25) is 0 Å². The van der Waals surface area contributed by atoms with Crippen molar-refractivity contribution in [3.05, 3.63) is 69.9 Å². The molecule has 0 aliphatic carbocycles. The maximum atomic E-state index is 13.4. The molecule has 0 heterocycles. The Bertz CT molecular complexity index is 528. The average molecular weight is 322 g/mol. The summed E-state index contributed by atoms with van der Waals surface area (Å²) in [7, 11) is 0. The molecule has 2 aromatic carbocycles. The zero-order valence-electron chi connectivity index (χ0n) is 10.9. The van der Waals surface area contributed by atoms with Crippen LogP contribution < -0.4 is 5.32 Å². The molecule has 0 bridgehead atoms. The van der Waals surface area contributed by atoms with Crippen LogP contribution in [0.25, 0.3) is 0 Å². The molecule has 3 heteroatoms. The van der Waals surface area contributed by atoms with E-state index in [2.05, 4.69) is 40.3 Å². The lowest BCUT2D eigenvalue weighted by Gasteiger charge is -2.20. The van der Waals surface area contributed by atoms with Gasteiger partial charge in [0.15, 0.2) is 0 Å². The quantitative estimate of drug-likeness (QED) is 0.856. The Morgan fingerprint density at radius 3 is 2.58 bits per heavy atom. The van der Waals surface area contributed by atoms with Gasteiger partial charge in [-0.15, -0.1) is 0 Å². The largest absolute Gasteiger partial charge is 0.310 e. The number of hydrogen-bond acceptors (Lipinski definition) is 1. The maximum absolute atomic E-state index is 13.4. The Balaban J connectivity index is 2.27. The first-order valence-corrected chi connectivity index (χ1v) is 7.22. The van der Waals surface area contributed by atoms with Gasteiger partial charge in [-0.3, -0.25) is 0 Å². The summed E-state index contributed by atoms with van der Waals surface area (Å²) < 4.78 is 14.4. The van der Waals surface area contributed by atoms with E-state index < -0.39 is 0 Å². The molecule has 0 saturated heterocycles. The van der Waals surface area contributed by atoms with Crippen LogP contribution in [0.3, 0.4) is 0 Å². The first-order valence-electron chi connectivity index (χ1n) is 6.43. The number of rotatable bonds is 5. The molecule has 2 rings (SSSR count). The third kappa shape index (κ3) is 3.88. The predicted octanol–water partition coefficient (Wildman–Crippen LogP) is 4.48. The van der Waals surface area contributed by atoms with Crippen LogP contribution in [0.1, 0.15) is 24.1 Å². The van der Waals surface area contributed by atoms with E-state index >= 15 is 0 Å². The fraction of sp³-hybridized carbons (Fsp3) is 0.250. The molecule has 0 aromatic heterocycles. The van der Waals surface area contributed by atoms with Crippen LogP contribution >= 0.6 is 15.9 Å². The summed E-state index contributed by atoms with van der Waals surface area (Å²) in [5.74, 6) is -0.200. The Labute approximate surface area is 122 Å². The predicted molar refractivity (Wildman–Crippen MR) is 80.7 cm³/mol. The molecule has 1 nitrogen and oxygen atoms in total.